The Hall–Kier alpha value is -0.300. The molecular formula is C14H24N+. The Kier molecular flexibility index (Phi) is 2.59. The van der Waals surface area contributed by atoms with E-state index >= 15 is 0 Å². The molecule has 1 N–H and O–H groups in total. The molecule has 2 aliphatic heterocycles. The molecule has 0 aromatic heterocycles. The molecule has 1 saturated heterocycles. The Balaban J connectivity index is 1.83. The van der Waals surface area contributed by atoms with Crippen molar-refractivity contribution in [3.8, 4) is 0 Å². The van der Waals surface area contributed by atoms with E-state index in [1.807, 2.05) is 16.0 Å². The van der Waals surface area contributed by atoms with Gasteiger partial charge in [0, 0.05) is 18.8 Å². The van der Waals surface area contributed by atoms with Gasteiger partial charge in [0.2, 0.25) is 0 Å². The number of hydrogen-bond acceptors (Lipinski definition) is 0. The van der Waals surface area contributed by atoms with Crippen LogP contribution in [0.1, 0.15) is 51.9 Å². The molecule has 1 unspecified atom stereocenters. The van der Waals surface area contributed by atoms with Gasteiger partial charge in [-0.2, -0.15) is 0 Å². The highest BCUT2D eigenvalue weighted by Crippen LogP contribution is 2.32. The second-order valence-electron chi connectivity index (χ2n) is 5.93. The fraction of sp³-hybridized carbons (Fsp3) is 0.857. The van der Waals surface area contributed by atoms with Crippen LogP contribution < -0.4 is 4.90 Å². The normalized spacial score (nSPS) is 41.0. The smallest absolute Gasteiger partial charge is 0.109 e. The standard InChI is InChI=1S/C14H23N/c1-11-6-7-14-13-5-3-2-4-12(13)8-9-15(14)10-11/h11,14H,2-10H2,1H3/p+1/t11-,14-/m0/s1. The third kappa shape index (κ3) is 1.75. The first-order valence-corrected chi connectivity index (χ1v) is 6.90. The lowest BCUT2D eigenvalue weighted by Gasteiger charge is -2.42. The van der Waals surface area contributed by atoms with E-state index < -0.39 is 0 Å². The molecule has 0 radical (unpaired) electrons. The zero-order chi connectivity index (χ0) is 10.3. The van der Waals surface area contributed by atoms with Crippen LogP contribution in [0.15, 0.2) is 11.1 Å². The maximum atomic E-state index is 2.44. The van der Waals surface area contributed by atoms with Gasteiger partial charge < -0.3 is 4.90 Å². The molecule has 1 nitrogen and oxygen atoms in total. The minimum Gasteiger partial charge on any atom is -0.329 e. The first kappa shape index (κ1) is 9.89. The lowest BCUT2D eigenvalue weighted by molar-refractivity contribution is -0.930. The van der Waals surface area contributed by atoms with E-state index in [1.165, 1.54) is 58.0 Å². The third-order valence-electron chi connectivity index (χ3n) is 4.85. The molecule has 0 spiro atoms. The lowest BCUT2D eigenvalue weighted by atomic mass is 9.78. The summed E-state index contributed by atoms with van der Waals surface area (Å²) in [5, 5.41) is 0. The average Bonchev–Trinajstić information content (AvgIpc) is 2.28. The molecule has 1 heteroatoms. The molecule has 3 atom stereocenters. The van der Waals surface area contributed by atoms with Gasteiger partial charge in [-0.15, -0.1) is 0 Å². The number of hydrogen-bond donors (Lipinski definition) is 1. The van der Waals surface area contributed by atoms with Gasteiger partial charge in [-0.3, -0.25) is 0 Å². The second-order valence-corrected chi connectivity index (χ2v) is 5.93. The summed E-state index contributed by atoms with van der Waals surface area (Å²) >= 11 is 0. The van der Waals surface area contributed by atoms with Gasteiger partial charge in [-0.05, 0) is 37.7 Å². The SMILES string of the molecule is C[C@H]1CC[C@H]2C3=C(CCCC3)CC[NH+]2C1. The first-order valence-electron chi connectivity index (χ1n) is 6.90. The molecule has 3 aliphatic rings. The van der Waals surface area contributed by atoms with Crippen molar-refractivity contribution < 1.29 is 4.90 Å². The summed E-state index contributed by atoms with van der Waals surface area (Å²) < 4.78 is 0. The Morgan fingerprint density at radius 2 is 1.93 bits per heavy atom. The number of nitrogens with one attached hydrogen (secondary N) is 1. The van der Waals surface area contributed by atoms with E-state index in [1.54, 1.807) is 0 Å². The van der Waals surface area contributed by atoms with Gasteiger partial charge in [0.1, 0.15) is 6.04 Å². The number of piperidine rings is 1. The van der Waals surface area contributed by atoms with Crippen molar-refractivity contribution in [1.29, 1.82) is 0 Å². The molecule has 15 heavy (non-hydrogen) atoms. The van der Waals surface area contributed by atoms with Crippen molar-refractivity contribution in [3.63, 3.8) is 0 Å². The van der Waals surface area contributed by atoms with Gasteiger partial charge in [0.15, 0.2) is 0 Å². The molecule has 0 aromatic carbocycles. The maximum Gasteiger partial charge on any atom is 0.109 e. The number of rotatable bonds is 0. The van der Waals surface area contributed by atoms with Crippen molar-refractivity contribution in [1.82, 2.24) is 0 Å². The highest BCUT2D eigenvalue weighted by molar-refractivity contribution is 5.22. The van der Waals surface area contributed by atoms with E-state index in [-0.39, 0.29) is 0 Å². The zero-order valence-electron chi connectivity index (χ0n) is 10.0. The molecule has 0 amide bonds. The molecular weight excluding hydrogens is 182 g/mol. The van der Waals surface area contributed by atoms with Crippen LogP contribution in [0.2, 0.25) is 0 Å². The minimum atomic E-state index is 0.949. The fourth-order valence-corrected chi connectivity index (χ4v) is 4.05. The topological polar surface area (TPSA) is 4.44 Å². The van der Waals surface area contributed by atoms with Crippen LogP contribution in [-0.2, 0) is 0 Å². The quantitative estimate of drug-likeness (QED) is 0.578. The largest absolute Gasteiger partial charge is 0.329 e. The van der Waals surface area contributed by atoms with Gasteiger partial charge >= 0.3 is 0 Å². The van der Waals surface area contributed by atoms with E-state index in [0.717, 1.165) is 12.0 Å². The molecule has 0 saturated carbocycles. The Labute approximate surface area is 93.5 Å². The van der Waals surface area contributed by atoms with Crippen molar-refractivity contribution in [3.05, 3.63) is 11.1 Å². The molecule has 0 bridgehead atoms. The number of fused-ring (bicyclic) bond motifs is 2. The van der Waals surface area contributed by atoms with Crippen LogP contribution in [0.3, 0.4) is 0 Å². The molecule has 3 rings (SSSR count). The van der Waals surface area contributed by atoms with Crippen molar-refractivity contribution >= 4 is 0 Å². The third-order valence-corrected chi connectivity index (χ3v) is 4.85. The Morgan fingerprint density at radius 3 is 2.87 bits per heavy atom. The monoisotopic (exact) mass is 206 g/mol. The molecule has 84 valence electrons. The predicted octanol–water partition coefficient (Wildman–Crippen LogP) is 1.94. The van der Waals surface area contributed by atoms with E-state index in [0.29, 0.717) is 0 Å². The summed E-state index contributed by atoms with van der Waals surface area (Å²) in [7, 11) is 0. The minimum absolute atomic E-state index is 0.949. The van der Waals surface area contributed by atoms with Gasteiger partial charge in [0.25, 0.3) is 0 Å². The predicted molar refractivity (Wildman–Crippen MR) is 63.0 cm³/mol. The summed E-state index contributed by atoms with van der Waals surface area (Å²) in [4.78, 5) is 1.93. The average molecular weight is 206 g/mol. The van der Waals surface area contributed by atoms with Crippen LogP contribution in [-0.4, -0.2) is 19.1 Å². The zero-order valence-corrected chi connectivity index (χ0v) is 10.0. The maximum absolute atomic E-state index is 2.44. The highest BCUT2D eigenvalue weighted by atomic mass is 15.2. The van der Waals surface area contributed by atoms with E-state index in [4.69, 9.17) is 0 Å². The van der Waals surface area contributed by atoms with Crippen molar-refractivity contribution in [2.24, 2.45) is 5.92 Å². The van der Waals surface area contributed by atoms with Gasteiger partial charge in [0.05, 0.1) is 13.1 Å². The Morgan fingerprint density at radius 1 is 1.07 bits per heavy atom. The fourth-order valence-electron chi connectivity index (χ4n) is 4.05. The van der Waals surface area contributed by atoms with Gasteiger partial charge in [-0.1, -0.05) is 12.5 Å². The van der Waals surface area contributed by atoms with Crippen LogP contribution in [0.5, 0.6) is 0 Å². The summed E-state index contributed by atoms with van der Waals surface area (Å²) in [5.41, 5.74) is 3.79. The molecule has 0 aromatic rings. The summed E-state index contributed by atoms with van der Waals surface area (Å²) in [6, 6.07) is 0.949. The van der Waals surface area contributed by atoms with Crippen molar-refractivity contribution in [2.75, 3.05) is 13.1 Å². The summed E-state index contributed by atoms with van der Waals surface area (Å²) in [6.07, 6.45) is 10.2. The Bertz CT molecular complexity index is 279. The lowest BCUT2D eigenvalue weighted by Crippen LogP contribution is -3.18. The molecule has 2 heterocycles. The van der Waals surface area contributed by atoms with Crippen LogP contribution >= 0.6 is 0 Å². The van der Waals surface area contributed by atoms with Crippen LogP contribution in [0, 0.1) is 5.92 Å². The van der Waals surface area contributed by atoms with Crippen molar-refractivity contribution in [2.45, 2.75) is 57.9 Å². The van der Waals surface area contributed by atoms with E-state index in [2.05, 4.69) is 6.92 Å². The molecule has 1 aliphatic carbocycles. The first-order chi connectivity index (χ1) is 7.34. The number of quaternary nitrogens is 1. The summed E-state index contributed by atoms with van der Waals surface area (Å²) in [6.45, 7) is 5.32. The highest BCUT2D eigenvalue weighted by Gasteiger charge is 2.37. The van der Waals surface area contributed by atoms with Crippen LogP contribution in [0.25, 0.3) is 0 Å². The van der Waals surface area contributed by atoms with Crippen LogP contribution in [0.4, 0.5) is 0 Å². The molecule has 1 fully saturated rings. The van der Waals surface area contributed by atoms with E-state index in [9.17, 15) is 0 Å². The second kappa shape index (κ2) is 3.93. The van der Waals surface area contributed by atoms with Gasteiger partial charge in [-0.25, -0.2) is 0 Å². The summed E-state index contributed by atoms with van der Waals surface area (Å²) in [5.74, 6) is 0.974.